The Kier molecular flexibility index (Phi) is 9.51. The second-order valence-corrected chi connectivity index (χ2v) is 17.4. The summed E-state index contributed by atoms with van der Waals surface area (Å²) in [6.45, 7) is 14.7. The van der Waals surface area contributed by atoms with E-state index in [9.17, 15) is 29.7 Å². The minimum absolute atomic E-state index is 0.0130. The fourth-order valence-corrected chi connectivity index (χ4v) is 10.2. The maximum Gasteiger partial charge on any atom is 0.411 e. The number of likely N-dealkylation sites (tertiary alicyclic amines) is 1. The first-order chi connectivity index (χ1) is 30.3. The molecule has 4 aliphatic heterocycles. The SMILES string of the molecule is C=C1OCc2c(cc3n(c2=O)Cc2c-3nc3ccc(O)cc3c2CC)C1(CC)OC(=O)N1CCC(N2Cc3ccc(-n4c(-c5cc(C(C)C)c(O)cc5O)n[nH]c4=O)cc3C2)CC1. The summed E-state index contributed by atoms with van der Waals surface area (Å²) in [6.07, 6.45) is 1.93. The van der Waals surface area contributed by atoms with Crippen LogP contribution in [0.4, 0.5) is 4.79 Å². The molecular weight excluding hydrogens is 803 g/mol. The predicted octanol–water partition coefficient (Wildman–Crippen LogP) is 7.03. The molecule has 4 N–H and O–H groups in total. The van der Waals surface area contributed by atoms with Crippen molar-refractivity contribution in [2.75, 3.05) is 13.1 Å². The van der Waals surface area contributed by atoms with Crippen molar-refractivity contribution in [2.45, 2.75) is 97.2 Å². The summed E-state index contributed by atoms with van der Waals surface area (Å²) >= 11 is 0. The zero-order valence-corrected chi connectivity index (χ0v) is 35.7. The van der Waals surface area contributed by atoms with Gasteiger partial charge < -0.3 is 34.3 Å². The number of hydrogen-bond acceptors (Lipinski definition) is 11. The average Bonchev–Trinajstić information content (AvgIpc) is 3.98. The van der Waals surface area contributed by atoms with E-state index in [0.717, 1.165) is 52.5 Å². The van der Waals surface area contributed by atoms with Crippen molar-refractivity contribution < 1.29 is 29.6 Å². The number of phenols is 3. The maximum absolute atomic E-state index is 14.3. The molecule has 1 amide bonds. The number of rotatable bonds is 7. The van der Waals surface area contributed by atoms with Crippen LogP contribution in [0.25, 0.3) is 39.4 Å². The van der Waals surface area contributed by atoms with Gasteiger partial charge in [-0.15, -0.1) is 0 Å². The molecule has 4 aliphatic rings. The quantitative estimate of drug-likeness (QED) is 0.129. The highest BCUT2D eigenvalue weighted by atomic mass is 16.6. The van der Waals surface area contributed by atoms with Crippen molar-refractivity contribution in [3.8, 4) is 45.7 Å². The summed E-state index contributed by atoms with van der Waals surface area (Å²) in [5, 5.41) is 39.1. The number of pyridine rings is 2. The Morgan fingerprint density at radius 3 is 2.49 bits per heavy atom. The molecule has 0 spiro atoms. The van der Waals surface area contributed by atoms with Crippen LogP contribution in [-0.2, 0) is 47.7 Å². The number of aryl methyl sites for hydroxylation is 1. The number of hydrogen-bond donors (Lipinski definition) is 4. The van der Waals surface area contributed by atoms with Crippen molar-refractivity contribution in [3.05, 3.63) is 127 Å². The molecule has 1 fully saturated rings. The summed E-state index contributed by atoms with van der Waals surface area (Å²) in [7, 11) is 0. The van der Waals surface area contributed by atoms with Crippen LogP contribution in [-0.4, -0.2) is 74.7 Å². The first-order valence-electron chi connectivity index (χ1n) is 21.6. The summed E-state index contributed by atoms with van der Waals surface area (Å²) < 4.78 is 15.7. The number of aromatic hydroxyl groups is 3. The third kappa shape index (κ3) is 6.30. The van der Waals surface area contributed by atoms with E-state index in [1.54, 1.807) is 33.7 Å². The summed E-state index contributed by atoms with van der Waals surface area (Å²) in [5.41, 5.74) is 6.77. The molecule has 10 rings (SSSR count). The molecule has 1 atom stereocenters. The molecule has 15 heteroatoms. The van der Waals surface area contributed by atoms with E-state index >= 15 is 0 Å². The zero-order chi connectivity index (χ0) is 44.1. The second-order valence-electron chi connectivity index (χ2n) is 17.4. The van der Waals surface area contributed by atoms with Gasteiger partial charge in [-0.3, -0.25) is 9.69 Å². The Bertz CT molecular complexity index is 3030. The Hall–Kier alpha value is -6.87. The number of carbonyl (C=O) groups is 1. The highest BCUT2D eigenvalue weighted by molar-refractivity contribution is 5.89. The van der Waals surface area contributed by atoms with Crippen LogP contribution in [0.1, 0.15) is 91.8 Å². The first-order valence-corrected chi connectivity index (χ1v) is 21.6. The van der Waals surface area contributed by atoms with Crippen molar-refractivity contribution in [2.24, 2.45) is 0 Å². The molecule has 3 aromatic carbocycles. The van der Waals surface area contributed by atoms with Crippen LogP contribution in [0.5, 0.6) is 17.2 Å². The lowest BCUT2D eigenvalue weighted by atomic mass is 9.84. The van der Waals surface area contributed by atoms with Gasteiger partial charge in [0.05, 0.1) is 40.3 Å². The van der Waals surface area contributed by atoms with E-state index in [1.807, 2.05) is 45.0 Å². The molecule has 324 valence electrons. The Balaban J connectivity index is 0.862. The zero-order valence-electron chi connectivity index (χ0n) is 35.7. The molecule has 1 unspecified atom stereocenters. The predicted molar refractivity (Wildman–Crippen MR) is 235 cm³/mol. The fraction of sp³-hybridized carbons (Fsp3) is 0.354. The van der Waals surface area contributed by atoms with Gasteiger partial charge in [0.15, 0.2) is 11.4 Å². The molecule has 7 heterocycles. The molecule has 0 saturated carbocycles. The number of aromatic amines is 1. The van der Waals surface area contributed by atoms with Crippen LogP contribution < -0.4 is 11.2 Å². The largest absolute Gasteiger partial charge is 0.508 e. The molecular formula is C48H49N7O8. The molecule has 6 aromatic rings. The number of aromatic nitrogens is 5. The number of phenolic OH excluding ortho intramolecular Hbond substituents is 3. The van der Waals surface area contributed by atoms with Gasteiger partial charge in [0, 0.05) is 54.8 Å². The molecule has 0 bridgehead atoms. The van der Waals surface area contributed by atoms with Crippen LogP contribution in [0, 0.1) is 0 Å². The lowest BCUT2D eigenvalue weighted by Crippen LogP contribution is -2.49. The van der Waals surface area contributed by atoms with E-state index in [2.05, 4.69) is 28.6 Å². The second kappa shape index (κ2) is 14.9. The first kappa shape index (κ1) is 40.2. The summed E-state index contributed by atoms with van der Waals surface area (Å²) in [6, 6.07) is 16.1. The monoisotopic (exact) mass is 851 g/mol. The van der Waals surface area contributed by atoms with E-state index in [0.29, 0.717) is 78.3 Å². The van der Waals surface area contributed by atoms with Gasteiger partial charge in [0.1, 0.15) is 29.6 Å². The van der Waals surface area contributed by atoms with Crippen LogP contribution in [0.2, 0.25) is 0 Å². The van der Waals surface area contributed by atoms with Crippen LogP contribution in [0.15, 0.2) is 76.5 Å². The van der Waals surface area contributed by atoms with Gasteiger partial charge in [0.2, 0.25) is 0 Å². The number of benzene rings is 3. The Morgan fingerprint density at radius 1 is 0.968 bits per heavy atom. The summed E-state index contributed by atoms with van der Waals surface area (Å²) in [5.74, 6) is 0.446. The average molecular weight is 852 g/mol. The van der Waals surface area contributed by atoms with Crippen molar-refractivity contribution in [3.63, 3.8) is 0 Å². The maximum atomic E-state index is 14.3. The lowest BCUT2D eigenvalue weighted by Gasteiger charge is -2.42. The van der Waals surface area contributed by atoms with Gasteiger partial charge in [0.25, 0.3) is 5.56 Å². The van der Waals surface area contributed by atoms with Crippen LogP contribution in [0.3, 0.4) is 0 Å². The summed E-state index contributed by atoms with van der Waals surface area (Å²) in [4.78, 5) is 50.7. The van der Waals surface area contributed by atoms with Gasteiger partial charge in [-0.2, -0.15) is 5.10 Å². The number of ether oxygens (including phenoxy) is 2. The topological polar surface area (TPSA) is 188 Å². The minimum Gasteiger partial charge on any atom is -0.508 e. The molecule has 1 saturated heterocycles. The molecule has 63 heavy (non-hydrogen) atoms. The highest BCUT2D eigenvalue weighted by Gasteiger charge is 2.47. The van der Waals surface area contributed by atoms with E-state index in [4.69, 9.17) is 14.5 Å². The normalized spacial score (nSPS) is 18.4. The number of carbonyl (C=O) groups excluding carboxylic acids is 1. The molecule has 3 aromatic heterocycles. The fourth-order valence-electron chi connectivity index (χ4n) is 10.2. The van der Waals surface area contributed by atoms with Gasteiger partial charge >= 0.3 is 11.8 Å². The number of piperidine rings is 1. The minimum atomic E-state index is -1.39. The van der Waals surface area contributed by atoms with Crippen molar-refractivity contribution >= 4 is 17.0 Å². The number of fused-ring (bicyclic) bond motifs is 6. The van der Waals surface area contributed by atoms with E-state index in [-0.39, 0.29) is 53.0 Å². The van der Waals surface area contributed by atoms with E-state index in [1.165, 1.54) is 10.6 Å². The number of nitrogens with zero attached hydrogens (tertiary/aromatic N) is 6. The highest BCUT2D eigenvalue weighted by Crippen LogP contribution is 2.46. The Labute approximate surface area is 362 Å². The molecule has 15 nitrogen and oxygen atoms in total. The van der Waals surface area contributed by atoms with Gasteiger partial charge in [-0.1, -0.05) is 40.3 Å². The van der Waals surface area contributed by atoms with Crippen molar-refractivity contribution in [1.29, 1.82) is 0 Å². The number of H-pyrrole nitrogens is 1. The van der Waals surface area contributed by atoms with Crippen LogP contribution >= 0.6 is 0 Å². The third-order valence-corrected chi connectivity index (χ3v) is 13.7. The standard InChI is InChI=1S/C48H49N7O8/c1-6-32-34-17-31(56)10-11-39(34)49-43-36(32)23-54-40(43)19-38-37(45(54)59)24-62-26(5)48(38,7-2)63-47(61)52-14-12-29(13-15-52)53-21-27-8-9-30(16-28(27)22-53)55-44(50-51-46(55)60)35-18-33(25(3)4)41(57)20-42(35)58/h8-11,16-20,25,29,56-58H,5-7,12-15,21-24H2,1-4H3,(H,51,60). The van der Waals surface area contributed by atoms with Gasteiger partial charge in [-0.25, -0.2) is 24.2 Å². The molecule has 0 aliphatic carbocycles. The Morgan fingerprint density at radius 2 is 1.75 bits per heavy atom. The lowest BCUT2D eigenvalue weighted by molar-refractivity contribution is -0.0485. The van der Waals surface area contributed by atoms with E-state index < -0.39 is 17.4 Å². The smallest absolute Gasteiger partial charge is 0.411 e. The third-order valence-electron chi connectivity index (χ3n) is 13.7. The number of nitrogens with one attached hydrogen (secondary N) is 1. The van der Waals surface area contributed by atoms with Crippen molar-refractivity contribution in [1.82, 2.24) is 34.1 Å². The van der Waals surface area contributed by atoms with Gasteiger partial charge in [-0.05, 0) is 96.3 Å². The molecule has 0 radical (unpaired) electrons. The number of amides is 1.